The minimum atomic E-state index is -3.63. The van der Waals surface area contributed by atoms with Crippen LogP contribution in [0.4, 0.5) is 4.79 Å². The largest absolute Gasteiger partial charge is 0.346 e. The molecule has 0 aromatic carbocycles. The number of Topliss-reactive ketones (excluding diaryl/α,β-unsaturated/α-hetero) is 1. The van der Waals surface area contributed by atoms with Crippen LogP contribution in [0.5, 0.6) is 0 Å². The van der Waals surface area contributed by atoms with Crippen LogP contribution in [0.15, 0.2) is 22.1 Å². The van der Waals surface area contributed by atoms with E-state index in [2.05, 4.69) is 10.2 Å². The van der Waals surface area contributed by atoms with Crippen LogP contribution in [-0.2, 0) is 19.5 Å². The molecule has 0 aromatic heterocycles. The van der Waals surface area contributed by atoms with Crippen LogP contribution in [0.1, 0.15) is 46.0 Å². The number of piperidine rings is 1. The molecule has 2 amide bonds. The molecule has 0 bridgehead atoms. The lowest BCUT2D eigenvalue weighted by Gasteiger charge is -2.35. The molecular weight excluding hydrogens is 366 g/mol. The van der Waals surface area contributed by atoms with Crippen molar-refractivity contribution < 1.29 is 18.6 Å². The molecule has 3 aliphatic heterocycles. The van der Waals surface area contributed by atoms with Gasteiger partial charge in [0, 0.05) is 22.5 Å². The highest BCUT2D eigenvalue weighted by Gasteiger charge is 2.44. The molecule has 1 saturated heterocycles. The first-order chi connectivity index (χ1) is 12.8. The van der Waals surface area contributed by atoms with E-state index in [-0.39, 0.29) is 28.8 Å². The smallest absolute Gasteiger partial charge is 0.294 e. The van der Waals surface area contributed by atoms with Gasteiger partial charge < -0.3 is 15.1 Å². The van der Waals surface area contributed by atoms with Crippen molar-refractivity contribution in [2.24, 2.45) is 0 Å². The highest BCUT2D eigenvalue weighted by atomic mass is 32.2. The molecule has 0 radical (unpaired) electrons. The Morgan fingerprint density at radius 2 is 1.93 bits per heavy atom. The number of rotatable bonds is 5. The number of likely N-dealkylation sites (tertiary alicyclic amines) is 1. The number of carbonyl (C=O) groups excluding carboxylic acids is 3. The van der Waals surface area contributed by atoms with Crippen LogP contribution in [0.3, 0.4) is 0 Å². The molecule has 7 nitrogen and oxygen atoms in total. The first-order valence-corrected chi connectivity index (χ1v) is 11.5. The normalized spacial score (nSPS) is 23.7. The maximum atomic E-state index is 13.5. The maximum Gasteiger partial charge on any atom is 0.294 e. The SMILES string of the molecule is CC(C)N1C(=O)CC(=O)C2=C1[SH](=O)(C(=O)NCCCN1CCCCC1)C=C2. The van der Waals surface area contributed by atoms with Gasteiger partial charge in [0.15, 0.2) is 5.78 Å². The van der Waals surface area contributed by atoms with Crippen LogP contribution in [0, 0.1) is 0 Å². The number of hydrogen-bond donors (Lipinski definition) is 2. The Kier molecular flexibility index (Phi) is 5.95. The van der Waals surface area contributed by atoms with Gasteiger partial charge in [-0.1, -0.05) is 6.42 Å². The van der Waals surface area contributed by atoms with E-state index in [4.69, 9.17) is 0 Å². The number of ketones is 1. The summed E-state index contributed by atoms with van der Waals surface area (Å²) in [5, 5.41) is 3.60. The van der Waals surface area contributed by atoms with E-state index in [1.165, 1.54) is 35.6 Å². The van der Waals surface area contributed by atoms with Crippen molar-refractivity contribution in [2.45, 2.75) is 52.0 Å². The van der Waals surface area contributed by atoms with E-state index in [0.717, 1.165) is 26.1 Å². The molecule has 3 heterocycles. The van der Waals surface area contributed by atoms with E-state index in [9.17, 15) is 18.6 Å². The number of nitrogens with zero attached hydrogens (tertiary/aromatic N) is 2. The topological polar surface area (TPSA) is 86.8 Å². The number of allylic oxidation sites excluding steroid dienone is 2. The van der Waals surface area contributed by atoms with Crippen LogP contribution < -0.4 is 5.32 Å². The number of thiol groups is 1. The van der Waals surface area contributed by atoms with Crippen molar-refractivity contribution in [1.29, 1.82) is 0 Å². The van der Waals surface area contributed by atoms with Crippen molar-refractivity contribution in [3.05, 3.63) is 22.1 Å². The summed E-state index contributed by atoms with van der Waals surface area (Å²) in [4.78, 5) is 41.0. The zero-order valence-electron chi connectivity index (χ0n) is 16.1. The predicted octanol–water partition coefficient (Wildman–Crippen LogP) is 1.54. The molecule has 8 heteroatoms. The van der Waals surface area contributed by atoms with Gasteiger partial charge in [0.1, 0.15) is 5.03 Å². The van der Waals surface area contributed by atoms with Crippen LogP contribution in [-0.4, -0.2) is 63.2 Å². The van der Waals surface area contributed by atoms with Crippen molar-refractivity contribution >= 4 is 26.9 Å². The summed E-state index contributed by atoms with van der Waals surface area (Å²) in [6.07, 6.45) is 5.72. The molecule has 1 fully saturated rings. The third-order valence-corrected chi connectivity index (χ3v) is 7.73. The van der Waals surface area contributed by atoms with E-state index in [1.54, 1.807) is 13.8 Å². The van der Waals surface area contributed by atoms with Gasteiger partial charge in [-0.15, -0.1) is 0 Å². The molecule has 0 aromatic rings. The van der Waals surface area contributed by atoms with Crippen molar-refractivity contribution in [2.75, 3.05) is 26.2 Å². The van der Waals surface area contributed by atoms with E-state index in [0.29, 0.717) is 6.54 Å². The van der Waals surface area contributed by atoms with Crippen LogP contribution in [0.25, 0.3) is 0 Å². The van der Waals surface area contributed by atoms with Crippen LogP contribution >= 0.6 is 0 Å². The zero-order valence-corrected chi connectivity index (χ0v) is 17.0. The number of carbonyl (C=O) groups is 3. The molecule has 0 saturated carbocycles. The second-order valence-electron chi connectivity index (χ2n) is 7.66. The molecule has 0 atom stereocenters. The second-order valence-corrected chi connectivity index (χ2v) is 10.1. The Morgan fingerprint density at radius 1 is 1.22 bits per heavy atom. The molecule has 150 valence electrons. The van der Waals surface area contributed by atoms with Gasteiger partial charge in [-0.05, 0) is 64.2 Å². The van der Waals surface area contributed by atoms with Gasteiger partial charge >= 0.3 is 0 Å². The molecule has 0 aliphatic carbocycles. The fourth-order valence-electron chi connectivity index (χ4n) is 3.94. The fraction of sp³-hybridized carbons (Fsp3) is 0.632. The lowest BCUT2D eigenvalue weighted by atomic mass is 10.0. The summed E-state index contributed by atoms with van der Waals surface area (Å²) in [6, 6.07) is -0.268. The first-order valence-electron chi connectivity index (χ1n) is 9.74. The minimum Gasteiger partial charge on any atom is -0.346 e. The van der Waals surface area contributed by atoms with Crippen molar-refractivity contribution in [3.63, 3.8) is 0 Å². The summed E-state index contributed by atoms with van der Waals surface area (Å²) in [5.74, 6) is -0.755. The summed E-state index contributed by atoms with van der Waals surface area (Å²) in [6.45, 7) is 7.11. The third kappa shape index (κ3) is 3.91. The molecule has 1 N–H and O–H groups in total. The van der Waals surface area contributed by atoms with E-state index < -0.39 is 21.1 Å². The van der Waals surface area contributed by atoms with Gasteiger partial charge in [-0.3, -0.25) is 18.6 Å². The first kappa shape index (κ1) is 19.9. The molecule has 0 spiro atoms. The lowest BCUT2D eigenvalue weighted by molar-refractivity contribution is -0.135. The third-order valence-electron chi connectivity index (χ3n) is 5.31. The Labute approximate surface area is 161 Å². The number of nitrogens with one attached hydrogen (secondary N) is 1. The average Bonchev–Trinajstić information content (AvgIpc) is 2.98. The molecule has 0 unspecified atom stereocenters. The Hall–Kier alpha value is -1.80. The predicted molar refractivity (Wildman–Crippen MR) is 106 cm³/mol. The van der Waals surface area contributed by atoms with Gasteiger partial charge in [0.25, 0.3) is 5.24 Å². The van der Waals surface area contributed by atoms with Gasteiger partial charge in [0.2, 0.25) is 5.91 Å². The lowest BCUT2D eigenvalue weighted by Crippen LogP contribution is -2.47. The summed E-state index contributed by atoms with van der Waals surface area (Å²) < 4.78 is 13.5. The Morgan fingerprint density at radius 3 is 2.59 bits per heavy atom. The standard InChI is InChI=1S/C19H29N3O4S/c1-14(2)22-17(24)13-16(23)15-7-12-27(26,18(15)22)19(25)20-8-6-11-21-9-4-3-5-10-21/h7,12,14,27H,3-6,8-11,13H2,1-2H3,(H,20,25). The number of amides is 2. The Bertz CT molecular complexity index is 750. The van der Waals surface area contributed by atoms with E-state index in [1.807, 2.05) is 0 Å². The number of hydrogen-bond acceptors (Lipinski definition) is 5. The second kappa shape index (κ2) is 8.06. The molecule has 3 aliphatic rings. The summed E-state index contributed by atoms with van der Waals surface area (Å²) >= 11 is 0. The Balaban J connectivity index is 1.66. The van der Waals surface area contributed by atoms with Gasteiger partial charge in [-0.2, -0.15) is 0 Å². The highest BCUT2D eigenvalue weighted by molar-refractivity contribution is 8.22. The quantitative estimate of drug-likeness (QED) is 0.419. The van der Waals surface area contributed by atoms with Crippen molar-refractivity contribution in [3.8, 4) is 0 Å². The maximum absolute atomic E-state index is 13.5. The fourth-order valence-corrected chi connectivity index (χ4v) is 6.34. The average molecular weight is 396 g/mol. The van der Waals surface area contributed by atoms with Crippen molar-refractivity contribution in [1.82, 2.24) is 15.1 Å². The summed E-state index contributed by atoms with van der Waals surface area (Å²) in [5.41, 5.74) is 0.245. The summed E-state index contributed by atoms with van der Waals surface area (Å²) in [7, 11) is -3.63. The van der Waals surface area contributed by atoms with E-state index >= 15 is 0 Å². The zero-order chi connectivity index (χ0) is 19.6. The monoisotopic (exact) mass is 395 g/mol. The molecule has 3 rings (SSSR count). The minimum absolute atomic E-state index is 0.104. The van der Waals surface area contributed by atoms with Crippen LogP contribution in [0.2, 0.25) is 0 Å². The van der Waals surface area contributed by atoms with Gasteiger partial charge in [0.05, 0.1) is 12.0 Å². The van der Waals surface area contributed by atoms with Gasteiger partial charge in [-0.25, -0.2) is 0 Å². The molecule has 27 heavy (non-hydrogen) atoms. The highest BCUT2D eigenvalue weighted by Crippen LogP contribution is 2.38. The molecular formula is C19H29N3O4S.